The number of hydrogen-bond acceptors (Lipinski definition) is 3. The second-order valence-corrected chi connectivity index (χ2v) is 5.25. The van der Waals surface area contributed by atoms with Gasteiger partial charge in [0.15, 0.2) is 5.82 Å². The molecular weight excluding hydrogens is 283 g/mol. The van der Waals surface area contributed by atoms with Crippen molar-refractivity contribution in [1.82, 2.24) is 4.98 Å². The molecule has 1 aromatic rings. The topological polar surface area (TPSA) is 25.2 Å². The molecule has 0 radical (unpaired) electrons. The smallest absolute Gasteiger partial charge is 0.169 e. The lowest BCUT2D eigenvalue weighted by atomic mass is 10.4. The molecule has 1 rings (SSSR count). The van der Waals surface area contributed by atoms with Crippen molar-refractivity contribution < 1.29 is 0 Å². The number of aryl methyl sites for hydroxylation is 1. The van der Waals surface area contributed by atoms with E-state index in [1.54, 1.807) is 11.3 Å². The van der Waals surface area contributed by atoms with E-state index in [-0.39, 0.29) is 0 Å². The maximum Gasteiger partial charge on any atom is 0.169 e. The van der Waals surface area contributed by atoms with Crippen molar-refractivity contribution in [2.45, 2.75) is 13.8 Å². The minimum absolute atomic E-state index is 0.744. The van der Waals surface area contributed by atoms with Crippen LogP contribution in [0.2, 0.25) is 0 Å². The molecule has 4 heteroatoms. The van der Waals surface area contributed by atoms with Crippen molar-refractivity contribution in [2.24, 2.45) is 4.99 Å². The van der Waals surface area contributed by atoms with Gasteiger partial charge in [-0.15, -0.1) is 11.3 Å². The van der Waals surface area contributed by atoms with E-state index in [0.29, 0.717) is 0 Å². The number of hydrogen-bond donors (Lipinski definition) is 0. The van der Waals surface area contributed by atoms with Gasteiger partial charge in [-0.05, 0) is 52.8 Å². The molecule has 0 atom stereocenters. The number of rotatable bonds is 2. The monoisotopic (exact) mass is 292 g/mol. The summed E-state index contributed by atoms with van der Waals surface area (Å²) in [7, 11) is 0. The van der Waals surface area contributed by atoms with E-state index in [9.17, 15) is 0 Å². The highest BCUT2D eigenvalue weighted by Gasteiger charge is 2.03. The van der Waals surface area contributed by atoms with Crippen LogP contribution in [0.3, 0.4) is 0 Å². The zero-order valence-corrected chi connectivity index (χ0v) is 9.94. The second kappa shape index (κ2) is 4.13. The van der Waals surface area contributed by atoms with E-state index in [2.05, 4.69) is 45.4 Å². The van der Waals surface area contributed by atoms with Gasteiger partial charge >= 0.3 is 0 Å². The van der Waals surface area contributed by atoms with Gasteiger partial charge in [0.2, 0.25) is 0 Å². The summed E-state index contributed by atoms with van der Waals surface area (Å²) in [4.78, 5) is 9.16. The Kier molecular flexibility index (Phi) is 3.39. The van der Waals surface area contributed by atoms with Gasteiger partial charge in [-0.3, -0.25) is 0 Å². The molecule has 0 amide bonds. The first-order chi connectivity index (χ1) is 5.63. The average molecular weight is 292 g/mol. The van der Waals surface area contributed by atoms with E-state index < -0.39 is 0 Å². The van der Waals surface area contributed by atoms with Crippen LogP contribution in [0.15, 0.2) is 8.57 Å². The van der Waals surface area contributed by atoms with Crippen LogP contribution in [0.4, 0.5) is 5.82 Å². The lowest BCUT2D eigenvalue weighted by Gasteiger charge is -1.87. The molecule has 1 aromatic heterocycles. The number of thiazole rings is 1. The van der Waals surface area contributed by atoms with Gasteiger partial charge in [0.05, 0.1) is 9.88 Å². The maximum absolute atomic E-state index is 4.22. The largest absolute Gasteiger partial charge is 0.244 e. The van der Waals surface area contributed by atoms with Gasteiger partial charge in [0, 0.05) is 0 Å². The van der Waals surface area contributed by atoms with Gasteiger partial charge in [0.25, 0.3) is 0 Å². The number of halogens is 1. The molecule has 64 valence electrons. The summed E-state index contributed by atoms with van der Waals surface area (Å²) in [6.07, 6.45) is 2.06. The quantitative estimate of drug-likeness (QED) is 0.604. The second-order valence-electron chi connectivity index (χ2n) is 2.31. The molecule has 0 spiro atoms. The SMILES string of the molecule is C=Nc1nc(C)sc1/C=C(\C)I. The van der Waals surface area contributed by atoms with E-state index in [1.807, 2.05) is 13.8 Å². The fourth-order valence-corrected chi connectivity index (χ4v) is 2.23. The molecule has 12 heavy (non-hydrogen) atoms. The standard InChI is InChI=1S/C8H9IN2S/c1-5(9)4-7-8(10-3)11-6(2)12-7/h4H,3H2,1-2H3/b5-4+. The van der Waals surface area contributed by atoms with Crippen molar-refractivity contribution in [1.29, 1.82) is 0 Å². The molecule has 0 aliphatic carbocycles. The first-order valence-electron chi connectivity index (χ1n) is 3.41. The summed E-state index contributed by atoms with van der Waals surface area (Å²) < 4.78 is 1.22. The Morgan fingerprint density at radius 3 is 2.92 bits per heavy atom. The predicted molar refractivity (Wildman–Crippen MR) is 63.7 cm³/mol. The van der Waals surface area contributed by atoms with Gasteiger partial charge in [-0.1, -0.05) is 0 Å². The van der Waals surface area contributed by atoms with Gasteiger partial charge in [-0.2, -0.15) is 0 Å². The van der Waals surface area contributed by atoms with Crippen LogP contribution >= 0.6 is 33.9 Å². The molecule has 0 fully saturated rings. The molecular formula is C8H9IN2S. The highest BCUT2D eigenvalue weighted by Crippen LogP contribution is 2.28. The Morgan fingerprint density at radius 2 is 2.42 bits per heavy atom. The Balaban J connectivity index is 3.13. The van der Waals surface area contributed by atoms with E-state index in [0.717, 1.165) is 15.7 Å². The third kappa shape index (κ3) is 2.38. The van der Waals surface area contributed by atoms with Crippen LogP contribution in [0, 0.1) is 6.92 Å². The summed E-state index contributed by atoms with van der Waals surface area (Å²) >= 11 is 3.91. The average Bonchev–Trinajstić information content (AvgIpc) is 2.29. The first kappa shape index (κ1) is 9.85. The van der Waals surface area contributed by atoms with Crippen molar-refractivity contribution in [3.63, 3.8) is 0 Å². The Labute approximate surface area is 89.6 Å². The lowest BCUT2D eigenvalue weighted by Crippen LogP contribution is -1.67. The van der Waals surface area contributed by atoms with E-state index in [1.165, 1.54) is 3.58 Å². The molecule has 0 saturated heterocycles. The van der Waals surface area contributed by atoms with Crippen LogP contribution in [-0.2, 0) is 0 Å². The minimum Gasteiger partial charge on any atom is -0.244 e. The molecule has 0 saturated carbocycles. The van der Waals surface area contributed by atoms with E-state index >= 15 is 0 Å². The zero-order valence-electron chi connectivity index (χ0n) is 6.97. The lowest BCUT2D eigenvalue weighted by molar-refractivity contribution is 1.26. The Hall–Kier alpha value is -0.230. The van der Waals surface area contributed by atoms with Gasteiger partial charge in [0.1, 0.15) is 0 Å². The number of nitrogens with zero attached hydrogens (tertiary/aromatic N) is 2. The van der Waals surface area contributed by atoms with Gasteiger partial charge < -0.3 is 0 Å². The first-order valence-corrected chi connectivity index (χ1v) is 5.31. The fraction of sp³-hybridized carbons (Fsp3) is 0.250. The third-order valence-electron chi connectivity index (χ3n) is 1.22. The zero-order chi connectivity index (χ0) is 9.14. The molecule has 0 bridgehead atoms. The Bertz CT molecular complexity index is 324. The van der Waals surface area contributed by atoms with Crippen LogP contribution in [0.1, 0.15) is 16.8 Å². The van der Waals surface area contributed by atoms with Crippen LogP contribution in [0.25, 0.3) is 6.08 Å². The fourth-order valence-electron chi connectivity index (χ4n) is 0.820. The van der Waals surface area contributed by atoms with Crippen LogP contribution in [-0.4, -0.2) is 11.7 Å². The molecule has 1 heterocycles. The van der Waals surface area contributed by atoms with Crippen molar-refractivity contribution in [3.8, 4) is 0 Å². The highest BCUT2D eigenvalue weighted by molar-refractivity contribution is 14.1. The summed E-state index contributed by atoms with van der Waals surface area (Å²) in [5.41, 5.74) is 0. The van der Waals surface area contributed by atoms with Crippen molar-refractivity contribution >= 4 is 52.5 Å². The Morgan fingerprint density at radius 1 is 1.75 bits per heavy atom. The number of aliphatic imine (C=N–C) groups is 1. The molecule has 0 unspecified atom stereocenters. The summed E-state index contributed by atoms with van der Waals surface area (Å²) in [6, 6.07) is 0. The predicted octanol–water partition coefficient (Wildman–Crippen LogP) is 3.58. The molecule has 0 aliphatic heterocycles. The van der Waals surface area contributed by atoms with Crippen molar-refractivity contribution in [2.75, 3.05) is 0 Å². The summed E-state index contributed by atoms with van der Waals surface area (Å²) in [6.45, 7) is 7.49. The van der Waals surface area contributed by atoms with Gasteiger partial charge in [-0.25, -0.2) is 9.98 Å². The molecule has 0 aromatic carbocycles. The maximum atomic E-state index is 4.22. The third-order valence-corrected chi connectivity index (χ3v) is 2.44. The summed E-state index contributed by atoms with van der Waals surface area (Å²) in [5, 5.41) is 1.03. The normalized spacial score (nSPS) is 11.8. The van der Waals surface area contributed by atoms with Crippen molar-refractivity contribution in [3.05, 3.63) is 13.5 Å². The molecule has 0 aliphatic rings. The molecule has 0 N–H and O–H groups in total. The van der Waals surface area contributed by atoms with Crippen LogP contribution in [0.5, 0.6) is 0 Å². The number of allylic oxidation sites excluding steroid dienone is 1. The van der Waals surface area contributed by atoms with Crippen LogP contribution < -0.4 is 0 Å². The van der Waals surface area contributed by atoms with E-state index in [4.69, 9.17) is 0 Å². The molecule has 2 nitrogen and oxygen atoms in total. The number of aromatic nitrogens is 1. The summed E-state index contributed by atoms with van der Waals surface area (Å²) in [5.74, 6) is 0.744. The minimum atomic E-state index is 0.744. The highest BCUT2D eigenvalue weighted by atomic mass is 127.